The van der Waals surface area contributed by atoms with E-state index < -0.39 is 6.04 Å². The first kappa shape index (κ1) is 15.3. The van der Waals surface area contributed by atoms with Crippen molar-refractivity contribution in [1.29, 1.82) is 0 Å². The zero-order valence-corrected chi connectivity index (χ0v) is 13.2. The molecule has 1 aromatic carbocycles. The van der Waals surface area contributed by atoms with E-state index in [0.717, 1.165) is 17.0 Å². The molecule has 0 spiro atoms. The number of amides is 2. The molecule has 0 radical (unpaired) electrons. The van der Waals surface area contributed by atoms with E-state index in [4.69, 9.17) is 0 Å². The Morgan fingerprint density at radius 3 is 2.70 bits per heavy atom. The second kappa shape index (κ2) is 6.24. The van der Waals surface area contributed by atoms with Gasteiger partial charge in [-0.25, -0.2) is 4.98 Å². The topological polar surface area (TPSA) is 76.0 Å². The summed E-state index contributed by atoms with van der Waals surface area (Å²) in [4.78, 5) is 28.2. The lowest BCUT2D eigenvalue weighted by Gasteiger charge is -2.21. The van der Waals surface area contributed by atoms with Gasteiger partial charge in [-0.05, 0) is 18.9 Å². The standard InChI is InChI=1S/C17H20N4O2/c1-11-3-5-12(6-4-11)15(16-18-9-10-21(16)2)20-17(23)13-7-8-14(22)19-13/h3-6,9-10,13,15H,7-8H2,1-2H3,(H,19,22)(H,20,23). The summed E-state index contributed by atoms with van der Waals surface area (Å²) in [7, 11) is 1.90. The largest absolute Gasteiger partial charge is 0.344 e. The van der Waals surface area contributed by atoms with Crippen LogP contribution >= 0.6 is 0 Å². The van der Waals surface area contributed by atoms with E-state index in [1.165, 1.54) is 0 Å². The van der Waals surface area contributed by atoms with Crippen molar-refractivity contribution < 1.29 is 9.59 Å². The number of carbonyl (C=O) groups is 2. The van der Waals surface area contributed by atoms with Crippen LogP contribution in [-0.4, -0.2) is 27.4 Å². The van der Waals surface area contributed by atoms with Crippen LogP contribution in [0.1, 0.15) is 35.8 Å². The van der Waals surface area contributed by atoms with Crippen LogP contribution in [-0.2, 0) is 16.6 Å². The highest BCUT2D eigenvalue weighted by Gasteiger charge is 2.30. The van der Waals surface area contributed by atoms with Crippen LogP contribution < -0.4 is 10.6 Å². The third-order valence-electron chi connectivity index (χ3n) is 4.13. The fraction of sp³-hybridized carbons (Fsp3) is 0.353. The van der Waals surface area contributed by atoms with Gasteiger partial charge >= 0.3 is 0 Å². The maximum absolute atomic E-state index is 12.5. The Labute approximate surface area is 134 Å². The molecule has 1 aliphatic rings. The predicted octanol–water partition coefficient (Wildman–Crippen LogP) is 1.21. The summed E-state index contributed by atoms with van der Waals surface area (Å²) in [6, 6.07) is 7.19. The molecule has 0 aliphatic carbocycles. The van der Waals surface area contributed by atoms with Crippen LogP contribution in [0.2, 0.25) is 0 Å². The number of nitrogens with one attached hydrogen (secondary N) is 2. The molecule has 3 rings (SSSR count). The SMILES string of the molecule is Cc1ccc(C(NC(=O)C2CCC(=O)N2)c2nccn2C)cc1. The van der Waals surface area contributed by atoms with Gasteiger partial charge in [0.15, 0.2) is 0 Å². The molecular weight excluding hydrogens is 292 g/mol. The van der Waals surface area contributed by atoms with E-state index in [0.29, 0.717) is 12.8 Å². The first-order valence-corrected chi connectivity index (χ1v) is 7.68. The van der Waals surface area contributed by atoms with E-state index in [-0.39, 0.29) is 17.9 Å². The maximum Gasteiger partial charge on any atom is 0.243 e. The number of imidazole rings is 1. The lowest BCUT2D eigenvalue weighted by Crippen LogP contribution is -2.43. The highest BCUT2D eigenvalue weighted by Crippen LogP contribution is 2.21. The summed E-state index contributed by atoms with van der Waals surface area (Å²) in [6.45, 7) is 2.02. The zero-order valence-electron chi connectivity index (χ0n) is 13.2. The van der Waals surface area contributed by atoms with Gasteiger partial charge in [-0.2, -0.15) is 0 Å². The molecule has 1 aliphatic heterocycles. The van der Waals surface area contributed by atoms with Gasteiger partial charge in [0.05, 0.1) is 0 Å². The number of hydrogen-bond acceptors (Lipinski definition) is 3. The first-order chi connectivity index (χ1) is 11.0. The summed E-state index contributed by atoms with van der Waals surface area (Å²) in [5.74, 6) is 0.505. The van der Waals surface area contributed by atoms with E-state index in [9.17, 15) is 9.59 Å². The van der Waals surface area contributed by atoms with Crippen molar-refractivity contribution in [2.24, 2.45) is 7.05 Å². The third kappa shape index (κ3) is 3.26. The molecule has 2 unspecified atom stereocenters. The Morgan fingerprint density at radius 1 is 1.39 bits per heavy atom. The fourth-order valence-corrected chi connectivity index (χ4v) is 2.76. The number of rotatable bonds is 4. The van der Waals surface area contributed by atoms with Gasteiger partial charge < -0.3 is 15.2 Å². The molecule has 1 saturated heterocycles. The molecule has 0 bridgehead atoms. The number of carbonyl (C=O) groups excluding carboxylic acids is 2. The van der Waals surface area contributed by atoms with Crippen molar-refractivity contribution in [3.8, 4) is 0 Å². The monoisotopic (exact) mass is 312 g/mol. The van der Waals surface area contributed by atoms with E-state index in [1.807, 2.05) is 49.0 Å². The van der Waals surface area contributed by atoms with E-state index in [2.05, 4.69) is 15.6 Å². The van der Waals surface area contributed by atoms with Crippen LogP contribution in [0.3, 0.4) is 0 Å². The number of nitrogens with zero attached hydrogens (tertiary/aromatic N) is 2. The Morgan fingerprint density at radius 2 is 2.13 bits per heavy atom. The Kier molecular flexibility index (Phi) is 4.14. The lowest BCUT2D eigenvalue weighted by atomic mass is 10.0. The summed E-state index contributed by atoms with van der Waals surface area (Å²) >= 11 is 0. The molecule has 6 heteroatoms. The van der Waals surface area contributed by atoms with Crippen molar-refractivity contribution in [2.75, 3.05) is 0 Å². The van der Waals surface area contributed by atoms with Gasteiger partial charge in [0.2, 0.25) is 11.8 Å². The number of aryl methyl sites for hydroxylation is 2. The third-order valence-corrected chi connectivity index (χ3v) is 4.13. The molecule has 0 saturated carbocycles. The van der Waals surface area contributed by atoms with Crippen LogP contribution in [0.5, 0.6) is 0 Å². The fourth-order valence-electron chi connectivity index (χ4n) is 2.76. The lowest BCUT2D eigenvalue weighted by molar-refractivity contribution is -0.126. The van der Waals surface area contributed by atoms with Crippen LogP contribution in [0.15, 0.2) is 36.7 Å². The van der Waals surface area contributed by atoms with Crippen molar-refractivity contribution in [3.05, 3.63) is 53.6 Å². The zero-order chi connectivity index (χ0) is 16.4. The van der Waals surface area contributed by atoms with E-state index in [1.54, 1.807) is 6.20 Å². The highest BCUT2D eigenvalue weighted by molar-refractivity contribution is 5.91. The molecule has 23 heavy (non-hydrogen) atoms. The molecule has 1 fully saturated rings. The molecule has 2 heterocycles. The Hall–Kier alpha value is -2.63. The van der Waals surface area contributed by atoms with Gasteiger partial charge in [-0.15, -0.1) is 0 Å². The summed E-state index contributed by atoms with van der Waals surface area (Å²) < 4.78 is 1.89. The van der Waals surface area contributed by atoms with Gasteiger partial charge in [0.25, 0.3) is 0 Å². The average molecular weight is 312 g/mol. The van der Waals surface area contributed by atoms with Crippen LogP contribution in [0.25, 0.3) is 0 Å². The van der Waals surface area contributed by atoms with Gasteiger partial charge in [0.1, 0.15) is 17.9 Å². The van der Waals surface area contributed by atoms with Crippen molar-refractivity contribution in [3.63, 3.8) is 0 Å². The molecule has 120 valence electrons. The smallest absolute Gasteiger partial charge is 0.243 e. The molecular formula is C17H20N4O2. The van der Waals surface area contributed by atoms with Gasteiger partial charge in [-0.3, -0.25) is 9.59 Å². The number of benzene rings is 1. The highest BCUT2D eigenvalue weighted by atomic mass is 16.2. The summed E-state index contributed by atoms with van der Waals surface area (Å²) in [6.07, 6.45) is 4.49. The minimum atomic E-state index is -0.462. The van der Waals surface area contributed by atoms with Gasteiger partial charge in [0, 0.05) is 25.9 Å². The minimum Gasteiger partial charge on any atom is -0.344 e. The number of aromatic nitrogens is 2. The van der Waals surface area contributed by atoms with Crippen LogP contribution in [0, 0.1) is 6.92 Å². The quantitative estimate of drug-likeness (QED) is 0.891. The molecule has 2 N–H and O–H groups in total. The molecule has 2 aromatic rings. The second-order valence-corrected chi connectivity index (χ2v) is 5.91. The first-order valence-electron chi connectivity index (χ1n) is 7.68. The van der Waals surface area contributed by atoms with Crippen LogP contribution in [0.4, 0.5) is 0 Å². The summed E-state index contributed by atoms with van der Waals surface area (Å²) in [5, 5.41) is 5.72. The average Bonchev–Trinajstić information content (AvgIpc) is 3.14. The Balaban J connectivity index is 1.86. The normalized spacial score (nSPS) is 18.5. The molecule has 2 atom stereocenters. The maximum atomic E-state index is 12.5. The number of hydrogen-bond donors (Lipinski definition) is 2. The molecule has 6 nitrogen and oxygen atoms in total. The minimum absolute atomic E-state index is 0.0750. The molecule has 1 aromatic heterocycles. The van der Waals surface area contributed by atoms with Crippen molar-refractivity contribution >= 4 is 11.8 Å². The van der Waals surface area contributed by atoms with Gasteiger partial charge in [-0.1, -0.05) is 29.8 Å². The van der Waals surface area contributed by atoms with E-state index >= 15 is 0 Å². The second-order valence-electron chi connectivity index (χ2n) is 5.91. The van der Waals surface area contributed by atoms with Crippen molar-refractivity contribution in [2.45, 2.75) is 31.8 Å². The predicted molar refractivity (Wildman–Crippen MR) is 85.5 cm³/mol. The summed E-state index contributed by atoms with van der Waals surface area (Å²) in [5.41, 5.74) is 2.12. The Bertz CT molecular complexity index is 720. The molecule has 2 amide bonds. The van der Waals surface area contributed by atoms with Crippen molar-refractivity contribution in [1.82, 2.24) is 20.2 Å².